The first kappa shape index (κ1) is 29.5. The number of hydrogen-bond donors (Lipinski definition) is 0. The van der Waals surface area contributed by atoms with Gasteiger partial charge in [-0.05, 0) is 48.4 Å². The zero-order valence-electron chi connectivity index (χ0n) is 23.8. The van der Waals surface area contributed by atoms with Gasteiger partial charge in [0, 0.05) is 30.4 Å². The minimum Gasteiger partial charge on any atom is -0.503 e. The topological polar surface area (TPSA) is 44.9 Å². The molecule has 0 aliphatic rings. The Kier molecular flexibility index (Phi) is 9.81. The summed E-state index contributed by atoms with van der Waals surface area (Å²) >= 11 is 0. The van der Waals surface area contributed by atoms with Crippen molar-refractivity contribution in [3.63, 3.8) is 0 Å². The fourth-order valence-corrected chi connectivity index (χ4v) is 4.95. The van der Waals surface area contributed by atoms with Crippen molar-refractivity contribution in [1.82, 2.24) is 19.1 Å². The minimum atomic E-state index is 0. The number of hydrogen-bond acceptors (Lipinski definition) is 3. The van der Waals surface area contributed by atoms with Crippen molar-refractivity contribution < 1.29 is 25.8 Å². The molecule has 0 N–H and O–H groups in total. The maximum absolute atomic E-state index is 6.17. The molecule has 208 valence electrons. The summed E-state index contributed by atoms with van der Waals surface area (Å²) in [7, 11) is 1.97. The standard InChI is InChI=1S/C34H36N4O.Pt/c1-24(2)15-28-11-7-12-29(16-25(3)4)34(28)38-21-33(36-23-38)27-10-8-14-32(19-27)39-31-13-6-9-26(18-31)17-30-20-37(5)22-35-30;/h6-14,20-25H,15-17H2,1-5H3;/q-2;+2. The van der Waals surface area contributed by atoms with E-state index >= 15 is 0 Å². The van der Waals surface area contributed by atoms with Crippen LogP contribution in [0.5, 0.6) is 11.5 Å². The molecule has 40 heavy (non-hydrogen) atoms. The first-order valence-electron chi connectivity index (χ1n) is 13.7. The summed E-state index contributed by atoms with van der Waals surface area (Å²) in [4.78, 5) is 9.19. The third-order valence-corrected chi connectivity index (χ3v) is 6.52. The van der Waals surface area contributed by atoms with Gasteiger partial charge in [0.25, 0.3) is 0 Å². The van der Waals surface area contributed by atoms with Crippen LogP contribution in [0, 0.1) is 24.0 Å². The van der Waals surface area contributed by atoms with Crippen LogP contribution in [-0.2, 0) is 47.4 Å². The Hall–Kier alpha value is -3.43. The number of para-hydroxylation sites is 1. The molecule has 0 fully saturated rings. The molecule has 5 rings (SSSR count). The van der Waals surface area contributed by atoms with Gasteiger partial charge in [0.2, 0.25) is 0 Å². The van der Waals surface area contributed by atoms with E-state index in [1.807, 2.05) is 66.9 Å². The number of aromatic nitrogens is 4. The van der Waals surface area contributed by atoms with Crippen LogP contribution < -0.4 is 4.74 Å². The molecule has 0 atom stereocenters. The van der Waals surface area contributed by atoms with Crippen LogP contribution in [-0.4, -0.2) is 19.1 Å². The van der Waals surface area contributed by atoms with Crippen molar-refractivity contribution >= 4 is 0 Å². The molecule has 0 spiro atoms. The molecule has 2 heterocycles. The predicted molar refractivity (Wildman–Crippen MR) is 156 cm³/mol. The Morgan fingerprint density at radius 2 is 1.43 bits per heavy atom. The normalized spacial score (nSPS) is 11.2. The van der Waals surface area contributed by atoms with Gasteiger partial charge in [0.15, 0.2) is 0 Å². The Morgan fingerprint density at radius 3 is 2.08 bits per heavy atom. The minimum absolute atomic E-state index is 0. The summed E-state index contributed by atoms with van der Waals surface area (Å²) in [5.74, 6) is 2.43. The third kappa shape index (κ3) is 7.40. The zero-order chi connectivity index (χ0) is 27.4. The average Bonchev–Trinajstić information content (AvgIpc) is 3.53. The first-order chi connectivity index (χ1) is 18.8. The number of rotatable bonds is 10. The zero-order valence-corrected chi connectivity index (χ0v) is 26.1. The maximum Gasteiger partial charge on any atom is 2.00 e. The summed E-state index contributed by atoms with van der Waals surface area (Å²) in [6.45, 7) is 9.07. The molecule has 5 nitrogen and oxygen atoms in total. The van der Waals surface area contributed by atoms with Gasteiger partial charge in [-0.2, -0.15) is 17.7 Å². The summed E-state index contributed by atoms with van der Waals surface area (Å²) < 4.78 is 10.3. The fraction of sp³-hybridized carbons (Fsp3) is 0.294. The van der Waals surface area contributed by atoms with Gasteiger partial charge < -0.3 is 13.9 Å². The summed E-state index contributed by atoms with van der Waals surface area (Å²) in [5.41, 5.74) is 7.75. The van der Waals surface area contributed by atoms with E-state index in [0.717, 1.165) is 35.4 Å². The van der Waals surface area contributed by atoms with Crippen molar-refractivity contribution in [2.45, 2.75) is 47.0 Å². The molecule has 6 heteroatoms. The van der Waals surface area contributed by atoms with Crippen molar-refractivity contribution in [2.24, 2.45) is 18.9 Å². The van der Waals surface area contributed by atoms with E-state index in [1.165, 1.54) is 16.8 Å². The van der Waals surface area contributed by atoms with Gasteiger partial charge in [0.05, 0.1) is 24.0 Å². The van der Waals surface area contributed by atoms with E-state index in [9.17, 15) is 0 Å². The van der Waals surface area contributed by atoms with Crippen LogP contribution in [0.3, 0.4) is 0 Å². The first-order valence-corrected chi connectivity index (χ1v) is 13.7. The number of aryl methyl sites for hydroxylation is 1. The van der Waals surface area contributed by atoms with Crippen molar-refractivity contribution in [1.29, 1.82) is 0 Å². The second-order valence-electron chi connectivity index (χ2n) is 11.1. The molecule has 0 unspecified atom stereocenters. The molecule has 3 aromatic carbocycles. The van der Waals surface area contributed by atoms with E-state index in [0.29, 0.717) is 29.8 Å². The number of nitrogens with zero attached hydrogens (tertiary/aromatic N) is 4. The van der Waals surface area contributed by atoms with E-state index in [2.05, 4.69) is 73.8 Å². The molecule has 0 amide bonds. The third-order valence-electron chi connectivity index (χ3n) is 6.52. The van der Waals surface area contributed by atoms with Crippen LogP contribution in [0.25, 0.3) is 16.9 Å². The molecular formula is C34H36N4OPt. The van der Waals surface area contributed by atoms with E-state index in [-0.39, 0.29) is 21.1 Å². The molecule has 0 radical (unpaired) electrons. The monoisotopic (exact) mass is 711 g/mol. The molecule has 0 saturated carbocycles. The predicted octanol–water partition coefficient (Wildman–Crippen LogP) is 7.65. The molecule has 0 aliphatic carbocycles. The SMILES string of the molecule is CC(C)Cc1cccc(CC(C)C)c1-n1cnc(-c2[c-]c(Oc3[c-]c(Cc4cn(C)cn4)ccc3)ccc2)c1.[Pt+2]. The van der Waals surface area contributed by atoms with Gasteiger partial charge in [-0.1, -0.05) is 52.0 Å². The Balaban J connectivity index is 0.00000370. The molecule has 0 aliphatic heterocycles. The Morgan fingerprint density at radius 1 is 0.775 bits per heavy atom. The van der Waals surface area contributed by atoms with Crippen molar-refractivity contribution in [2.75, 3.05) is 0 Å². The summed E-state index contributed by atoms with van der Waals surface area (Å²) in [6, 6.07) is 25.3. The van der Waals surface area contributed by atoms with Gasteiger partial charge in [0.1, 0.15) is 0 Å². The van der Waals surface area contributed by atoms with Crippen LogP contribution >= 0.6 is 0 Å². The van der Waals surface area contributed by atoms with Crippen LogP contribution in [0.4, 0.5) is 0 Å². The Labute approximate surface area is 252 Å². The molecular weight excluding hydrogens is 675 g/mol. The second-order valence-corrected chi connectivity index (χ2v) is 11.1. The van der Waals surface area contributed by atoms with Gasteiger partial charge >= 0.3 is 21.1 Å². The molecule has 0 saturated heterocycles. The molecule has 5 aromatic rings. The second kappa shape index (κ2) is 13.3. The smallest absolute Gasteiger partial charge is 0.503 e. The van der Waals surface area contributed by atoms with E-state index in [4.69, 9.17) is 9.72 Å². The van der Waals surface area contributed by atoms with Gasteiger partial charge in [-0.25, -0.2) is 4.98 Å². The van der Waals surface area contributed by atoms with Crippen molar-refractivity contribution in [3.8, 4) is 28.4 Å². The largest absolute Gasteiger partial charge is 2.00 e. The average molecular weight is 712 g/mol. The van der Waals surface area contributed by atoms with E-state index in [1.54, 1.807) is 0 Å². The van der Waals surface area contributed by atoms with Gasteiger partial charge in [-0.3, -0.25) is 4.98 Å². The summed E-state index contributed by atoms with van der Waals surface area (Å²) in [6.07, 6.45) is 10.6. The fourth-order valence-electron chi connectivity index (χ4n) is 4.95. The number of benzene rings is 3. The van der Waals surface area contributed by atoms with Crippen molar-refractivity contribution in [3.05, 3.63) is 114 Å². The quantitative estimate of drug-likeness (QED) is 0.140. The van der Waals surface area contributed by atoms with Crippen LogP contribution in [0.15, 0.2) is 79.6 Å². The Bertz CT molecular complexity index is 1520. The summed E-state index contributed by atoms with van der Waals surface area (Å²) in [5, 5.41) is 0. The molecule has 2 aromatic heterocycles. The molecule has 0 bridgehead atoms. The maximum atomic E-state index is 6.17. The van der Waals surface area contributed by atoms with Gasteiger partial charge in [-0.15, -0.1) is 35.9 Å². The number of imidazole rings is 2. The van der Waals surface area contributed by atoms with Crippen LogP contribution in [0.1, 0.15) is 50.1 Å². The number of ether oxygens (including phenoxy) is 1. The van der Waals surface area contributed by atoms with E-state index < -0.39 is 0 Å². The van der Waals surface area contributed by atoms with Crippen LogP contribution in [0.2, 0.25) is 0 Å².